The maximum atomic E-state index is 13.5. The van der Waals surface area contributed by atoms with Crippen molar-refractivity contribution in [2.45, 2.75) is 19.9 Å². The Morgan fingerprint density at radius 1 is 1.23 bits per heavy atom. The Labute approximate surface area is 217 Å². The molecule has 1 saturated heterocycles. The maximum absolute atomic E-state index is 13.5. The summed E-state index contributed by atoms with van der Waals surface area (Å²) in [7, 11) is 0. The number of carbonyl (C=O) groups is 1. The summed E-state index contributed by atoms with van der Waals surface area (Å²) >= 11 is 7.68. The van der Waals surface area contributed by atoms with Crippen LogP contribution in [0.2, 0.25) is 5.02 Å². The summed E-state index contributed by atoms with van der Waals surface area (Å²) in [6.07, 6.45) is 0.780. The summed E-state index contributed by atoms with van der Waals surface area (Å²) in [4.78, 5) is 34.8. The summed E-state index contributed by atoms with van der Waals surface area (Å²) in [6.45, 7) is 6.44. The van der Waals surface area contributed by atoms with Gasteiger partial charge >= 0.3 is 5.76 Å². The van der Waals surface area contributed by atoms with Crippen molar-refractivity contribution in [3.8, 4) is 0 Å². The van der Waals surface area contributed by atoms with Gasteiger partial charge in [-0.15, -0.1) is 12.4 Å². The highest BCUT2D eigenvalue weighted by atomic mass is 35.5. The first-order valence-corrected chi connectivity index (χ1v) is 12.4. The maximum Gasteiger partial charge on any atom is 0.420 e. The number of anilines is 1. The Bertz CT molecular complexity index is 1390. The summed E-state index contributed by atoms with van der Waals surface area (Å²) in [5.41, 5.74) is 2.86. The van der Waals surface area contributed by atoms with Crippen LogP contribution in [0.5, 0.6) is 0 Å². The van der Waals surface area contributed by atoms with Crippen molar-refractivity contribution in [3.05, 3.63) is 57.5 Å². The number of aryl methyl sites for hydroxylation is 1. The standard InChI is InChI=1S/C24H25ClN4O4S.ClH/c1-16-13-17(25)14-20-22(16)26-23(34-20)28(8-4-7-27-9-11-32-12-10-27)21(30)15-29-18-5-2-3-6-19(18)33-24(29)31;/h2-3,5-6,13-14H,4,7-12,15H2,1H3;1H. The molecule has 1 amide bonds. The van der Waals surface area contributed by atoms with Crippen LogP contribution < -0.4 is 10.7 Å². The van der Waals surface area contributed by atoms with Crippen molar-refractivity contribution in [1.82, 2.24) is 14.5 Å². The Kier molecular flexibility index (Phi) is 8.13. The number of benzene rings is 2. The van der Waals surface area contributed by atoms with E-state index in [1.165, 1.54) is 15.9 Å². The third kappa shape index (κ3) is 5.54. The Morgan fingerprint density at radius 2 is 2.00 bits per heavy atom. The SMILES string of the molecule is Cc1cc(Cl)cc2sc(N(CCCN3CCOCC3)C(=O)Cn3c(=O)oc4ccccc43)nc12.Cl. The number of halogens is 2. The molecule has 11 heteroatoms. The molecule has 186 valence electrons. The second kappa shape index (κ2) is 11.1. The van der Waals surface area contributed by atoms with E-state index in [0.717, 1.165) is 55.0 Å². The van der Waals surface area contributed by atoms with Gasteiger partial charge in [-0.2, -0.15) is 0 Å². The molecule has 0 spiro atoms. The second-order valence-corrected chi connectivity index (χ2v) is 9.79. The topological polar surface area (TPSA) is 80.8 Å². The molecule has 0 atom stereocenters. The molecule has 2 aromatic carbocycles. The minimum absolute atomic E-state index is 0. The molecule has 35 heavy (non-hydrogen) atoms. The van der Waals surface area contributed by atoms with Crippen LogP contribution in [0.15, 0.2) is 45.6 Å². The Balaban J connectivity index is 0.00000289. The summed E-state index contributed by atoms with van der Waals surface area (Å²) < 4.78 is 13.0. The van der Waals surface area contributed by atoms with Crippen LogP contribution in [-0.2, 0) is 16.1 Å². The van der Waals surface area contributed by atoms with Crippen molar-refractivity contribution >= 4 is 67.7 Å². The molecular formula is C24H26Cl2N4O4S. The van der Waals surface area contributed by atoms with Crippen LogP contribution >= 0.6 is 35.3 Å². The van der Waals surface area contributed by atoms with Gasteiger partial charge in [0.1, 0.15) is 6.54 Å². The highest BCUT2D eigenvalue weighted by molar-refractivity contribution is 7.22. The molecule has 8 nitrogen and oxygen atoms in total. The van der Waals surface area contributed by atoms with Crippen molar-refractivity contribution in [2.75, 3.05) is 44.3 Å². The molecule has 0 N–H and O–H groups in total. The molecule has 3 heterocycles. The zero-order valence-electron chi connectivity index (χ0n) is 19.2. The van der Waals surface area contributed by atoms with Gasteiger partial charge < -0.3 is 9.15 Å². The van der Waals surface area contributed by atoms with Crippen molar-refractivity contribution in [2.24, 2.45) is 0 Å². The first-order chi connectivity index (χ1) is 16.5. The molecule has 1 aliphatic rings. The minimum atomic E-state index is -0.547. The summed E-state index contributed by atoms with van der Waals surface area (Å²) in [6, 6.07) is 10.9. The molecular weight excluding hydrogens is 511 g/mol. The van der Waals surface area contributed by atoms with Gasteiger partial charge in [0, 0.05) is 31.2 Å². The van der Waals surface area contributed by atoms with Gasteiger partial charge in [-0.05, 0) is 43.2 Å². The lowest BCUT2D eigenvalue weighted by Crippen LogP contribution is -2.40. The third-order valence-electron chi connectivity index (χ3n) is 6.00. The lowest BCUT2D eigenvalue weighted by atomic mass is 10.2. The fraction of sp³-hybridized carbons (Fsp3) is 0.375. The lowest BCUT2D eigenvalue weighted by molar-refractivity contribution is -0.119. The second-order valence-electron chi connectivity index (χ2n) is 8.34. The third-order valence-corrected chi connectivity index (χ3v) is 7.24. The number of rotatable bonds is 7. The van der Waals surface area contributed by atoms with Crippen LogP contribution in [0, 0.1) is 6.92 Å². The van der Waals surface area contributed by atoms with Gasteiger partial charge in [-0.25, -0.2) is 9.78 Å². The number of aromatic nitrogens is 2. The molecule has 0 radical (unpaired) electrons. The Hall–Kier alpha value is -2.43. The van der Waals surface area contributed by atoms with Crippen molar-refractivity contribution in [1.29, 1.82) is 0 Å². The fourth-order valence-corrected chi connectivity index (χ4v) is 5.71. The highest BCUT2D eigenvalue weighted by Gasteiger charge is 2.23. The number of morpholine rings is 1. The van der Waals surface area contributed by atoms with E-state index in [2.05, 4.69) is 4.90 Å². The Morgan fingerprint density at radius 3 is 2.80 bits per heavy atom. The van der Waals surface area contributed by atoms with Gasteiger partial charge in [0.05, 0.1) is 28.9 Å². The van der Waals surface area contributed by atoms with E-state index in [1.807, 2.05) is 25.1 Å². The number of para-hydroxylation sites is 2. The van der Waals surface area contributed by atoms with Gasteiger partial charge in [0.25, 0.3) is 0 Å². The van der Waals surface area contributed by atoms with E-state index in [4.69, 9.17) is 25.7 Å². The van der Waals surface area contributed by atoms with Crippen molar-refractivity contribution < 1.29 is 13.9 Å². The molecule has 0 bridgehead atoms. The normalized spacial score (nSPS) is 14.3. The smallest absolute Gasteiger partial charge is 0.408 e. The zero-order valence-corrected chi connectivity index (χ0v) is 21.6. The van der Waals surface area contributed by atoms with Crippen LogP contribution in [0.4, 0.5) is 5.13 Å². The average Bonchev–Trinajstić information content (AvgIpc) is 3.38. The van der Waals surface area contributed by atoms with E-state index in [-0.39, 0.29) is 24.9 Å². The van der Waals surface area contributed by atoms with E-state index in [1.54, 1.807) is 23.1 Å². The summed E-state index contributed by atoms with van der Waals surface area (Å²) in [5, 5.41) is 1.25. The van der Waals surface area contributed by atoms with Crippen molar-refractivity contribution in [3.63, 3.8) is 0 Å². The molecule has 0 aliphatic carbocycles. The predicted molar refractivity (Wildman–Crippen MR) is 141 cm³/mol. The zero-order chi connectivity index (χ0) is 23.7. The number of carbonyl (C=O) groups excluding carboxylic acids is 1. The first kappa shape index (κ1) is 25.7. The molecule has 4 aromatic rings. The number of amides is 1. The molecule has 0 unspecified atom stereocenters. The number of thiazole rings is 1. The highest BCUT2D eigenvalue weighted by Crippen LogP contribution is 2.33. The van der Waals surface area contributed by atoms with E-state index in [0.29, 0.717) is 27.8 Å². The van der Waals surface area contributed by atoms with Crippen LogP contribution in [-0.4, -0.2) is 59.8 Å². The van der Waals surface area contributed by atoms with Crippen LogP contribution in [0.25, 0.3) is 21.3 Å². The van der Waals surface area contributed by atoms with Gasteiger partial charge in [-0.1, -0.05) is 35.1 Å². The molecule has 2 aromatic heterocycles. The monoisotopic (exact) mass is 536 g/mol. The van der Waals surface area contributed by atoms with Gasteiger partial charge in [-0.3, -0.25) is 19.2 Å². The molecule has 5 rings (SSSR count). The minimum Gasteiger partial charge on any atom is -0.408 e. The molecule has 1 fully saturated rings. The molecule has 1 aliphatic heterocycles. The quantitative estimate of drug-likeness (QED) is 0.349. The number of fused-ring (bicyclic) bond motifs is 2. The van der Waals surface area contributed by atoms with Gasteiger partial charge in [0.2, 0.25) is 5.91 Å². The summed E-state index contributed by atoms with van der Waals surface area (Å²) in [5.74, 6) is -0.756. The average molecular weight is 537 g/mol. The van der Waals surface area contributed by atoms with E-state index >= 15 is 0 Å². The van der Waals surface area contributed by atoms with Gasteiger partial charge in [0.15, 0.2) is 10.7 Å². The van der Waals surface area contributed by atoms with Crippen LogP contribution in [0.1, 0.15) is 12.0 Å². The largest absolute Gasteiger partial charge is 0.420 e. The van der Waals surface area contributed by atoms with Crippen LogP contribution in [0.3, 0.4) is 0 Å². The van der Waals surface area contributed by atoms with E-state index in [9.17, 15) is 9.59 Å². The number of hydrogen-bond acceptors (Lipinski definition) is 7. The number of ether oxygens (including phenoxy) is 1. The first-order valence-electron chi connectivity index (χ1n) is 11.2. The van der Waals surface area contributed by atoms with E-state index < -0.39 is 5.76 Å². The fourth-order valence-electron chi connectivity index (χ4n) is 4.25. The number of hydrogen-bond donors (Lipinski definition) is 0. The number of nitrogens with zero attached hydrogens (tertiary/aromatic N) is 4. The predicted octanol–water partition coefficient (Wildman–Crippen LogP) is 4.34. The lowest BCUT2D eigenvalue weighted by Gasteiger charge is -2.27. The molecule has 0 saturated carbocycles. The number of oxazole rings is 1.